The van der Waals surface area contributed by atoms with Crippen molar-refractivity contribution >= 4 is 27.9 Å². The molecule has 0 aromatic heterocycles. The van der Waals surface area contributed by atoms with Crippen molar-refractivity contribution in [3.8, 4) is 0 Å². The van der Waals surface area contributed by atoms with Crippen molar-refractivity contribution in [2.45, 2.75) is 11.2 Å². The van der Waals surface area contributed by atoms with Gasteiger partial charge in [0.1, 0.15) is 10.6 Å². The van der Waals surface area contributed by atoms with E-state index in [1.807, 2.05) is 0 Å². The fourth-order valence-electron chi connectivity index (χ4n) is 0.977. The normalized spacial score (nSPS) is 14.4. The molecule has 14 heavy (non-hydrogen) atoms. The molecule has 0 saturated carbocycles. The van der Waals surface area contributed by atoms with Crippen LogP contribution in [-0.2, 0) is 9.12 Å². The maximum absolute atomic E-state index is 10.7. The molecular formula is C9H8BrNO3. The summed E-state index contributed by atoms with van der Waals surface area (Å²) < 4.78 is -0.776. The van der Waals surface area contributed by atoms with Gasteiger partial charge in [-0.3, -0.25) is 10.1 Å². The third kappa shape index (κ3) is 2.17. The quantitative estimate of drug-likeness (QED) is 0.362. The zero-order chi connectivity index (χ0) is 10.8. The van der Waals surface area contributed by atoms with E-state index in [0.29, 0.717) is 5.56 Å². The first-order chi connectivity index (χ1) is 6.47. The number of carbonyl (C=O) groups excluding carboxylic acids is 1. The number of alkyl halides is 1. The van der Waals surface area contributed by atoms with E-state index >= 15 is 0 Å². The van der Waals surface area contributed by atoms with Gasteiger partial charge in [-0.05, 0) is 12.5 Å². The summed E-state index contributed by atoms with van der Waals surface area (Å²) in [6.45, 7) is 1.68. The molecule has 0 spiro atoms. The molecule has 0 N–H and O–H groups in total. The Kier molecular flexibility index (Phi) is 3.00. The summed E-state index contributed by atoms with van der Waals surface area (Å²) in [6, 6.07) is 5.86. The van der Waals surface area contributed by atoms with Gasteiger partial charge in [0.2, 0.25) is 0 Å². The number of nitro groups is 1. The minimum absolute atomic E-state index is 0.0166. The smallest absolute Gasteiger partial charge is 0.269 e. The Morgan fingerprint density at radius 3 is 2.29 bits per heavy atom. The lowest BCUT2D eigenvalue weighted by atomic mass is 10.0. The predicted octanol–water partition coefficient (Wildman–Crippen LogP) is 2.40. The Hall–Kier alpha value is -1.23. The summed E-state index contributed by atoms with van der Waals surface area (Å²) >= 11 is 3.21. The molecule has 0 radical (unpaired) electrons. The van der Waals surface area contributed by atoms with Gasteiger partial charge in [-0.1, -0.05) is 28.1 Å². The third-order valence-corrected chi connectivity index (χ3v) is 2.51. The van der Waals surface area contributed by atoms with Crippen LogP contribution in [0.2, 0.25) is 0 Å². The van der Waals surface area contributed by atoms with Gasteiger partial charge < -0.3 is 4.79 Å². The van der Waals surface area contributed by atoms with E-state index in [1.54, 1.807) is 19.1 Å². The van der Waals surface area contributed by atoms with E-state index in [2.05, 4.69) is 15.9 Å². The molecule has 1 aromatic rings. The largest absolute Gasteiger partial charge is 0.301 e. The minimum Gasteiger partial charge on any atom is -0.301 e. The highest BCUT2D eigenvalue weighted by atomic mass is 79.9. The number of benzene rings is 1. The second-order valence-electron chi connectivity index (χ2n) is 3.00. The number of hydrogen-bond acceptors (Lipinski definition) is 3. The Morgan fingerprint density at radius 1 is 1.43 bits per heavy atom. The highest BCUT2D eigenvalue weighted by Crippen LogP contribution is 2.29. The number of hydrogen-bond donors (Lipinski definition) is 0. The van der Waals surface area contributed by atoms with E-state index in [9.17, 15) is 14.9 Å². The van der Waals surface area contributed by atoms with Gasteiger partial charge in [0, 0.05) is 12.1 Å². The van der Waals surface area contributed by atoms with Gasteiger partial charge in [0.15, 0.2) is 0 Å². The lowest BCUT2D eigenvalue weighted by Crippen LogP contribution is -2.14. The fraction of sp³-hybridized carbons (Fsp3) is 0.222. The lowest BCUT2D eigenvalue weighted by molar-refractivity contribution is -0.384. The molecule has 0 aliphatic rings. The fourth-order valence-corrected chi connectivity index (χ4v) is 1.24. The molecule has 0 saturated heterocycles. The number of nitro benzene ring substituents is 1. The van der Waals surface area contributed by atoms with E-state index < -0.39 is 9.25 Å². The molecule has 74 valence electrons. The standard InChI is InChI=1S/C9H8BrNO3/c1-9(10,6-12)7-2-4-8(5-3-7)11(13)14/h2-6H,1H3. The number of rotatable bonds is 3. The number of aldehydes is 1. The molecule has 0 aliphatic heterocycles. The van der Waals surface area contributed by atoms with E-state index in [0.717, 1.165) is 6.29 Å². The number of nitrogens with zero attached hydrogens (tertiary/aromatic N) is 1. The monoisotopic (exact) mass is 257 g/mol. The third-order valence-electron chi connectivity index (χ3n) is 1.86. The molecule has 0 heterocycles. The molecule has 1 unspecified atom stereocenters. The number of carbonyl (C=O) groups is 1. The molecule has 0 amide bonds. The van der Waals surface area contributed by atoms with Crippen molar-refractivity contribution in [1.82, 2.24) is 0 Å². The number of non-ortho nitro benzene ring substituents is 1. The first kappa shape index (κ1) is 10.8. The second kappa shape index (κ2) is 3.88. The lowest BCUT2D eigenvalue weighted by Gasteiger charge is -2.14. The zero-order valence-electron chi connectivity index (χ0n) is 7.44. The van der Waals surface area contributed by atoms with Gasteiger partial charge in [-0.25, -0.2) is 0 Å². The van der Waals surface area contributed by atoms with Gasteiger partial charge in [-0.2, -0.15) is 0 Å². The van der Waals surface area contributed by atoms with Crippen LogP contribution in [0.3, 0.4) is 0 Å². The van der Waals surface area contributed by atoms with Crippen molar-refractivity contribution in [2.24, 2.45) is 0 Å². The Bertz CT molecular complexity index is 359. The highest BCUT2D eigenvalue weighted by Gasteiger charge is 2.22. The van der Waals surface area contributed by atoms with E-state index in [-0.39, 0.29) is 5.69 Å². The summed E-state index contributed by atoms with van der Waals surface area (Å²) in [7, 11) is 0. The predicted molar refractivity (Wildman–Crippen MR) is 55.4 cm³/mol. The van der Waals surface area contributed by atoms with Gasteiger partial charge >= 0.3 is 0 Å². The zero-order valence-corrected chi connectivity index (χ0v) is 9.02. The van der Waals surface area contributed by atoms with Crippen LogP contribution in [-0.4, -0.2) is 11.2 Å². The summed E-state index contributed by atoms with van der Waals surface area (Å²) in [5, 5.41) is 10.4. The van der Waals surface area contributed by atoms with Crippen LogP contribution >= 0.6 is 15.9 Å². The topological polar surface area (TPSA) is 60.2 Å². The van der Waals surface area contributed by atoms with Gasteiger partial charge in [-0.15, -0.1) is 0 Å². The molecular weight excluding hydrogens is 250 g/mol. The molecule has 1 aromatic carbocycles. The molecule has 0 bridgehead atoms. The van der Waals surface area contributed by atoms with Gasteiger partial charge in [0.05, 0.1) is 4.92 Å². The van der Waals surface area contributed by atoms with Crippen LogP contribution in [0.4, 0.5) is 5.69 Å². The molecule has 1 rings (SSSR count). The first-order valence-corrected chi connectivity index (χ1v) is 4.67. The highest BCUT2D eigenvalue weighted by molar-refractivity contribution is 9.10. The van der Waals surface area contributed by atoms with Crippen molar-refractivity contribution in [3.63, 3.8) is 0 Å². The summed E-state index contributed by atoms with van der Waals surface area (Å²) in [5.41, 5.74) is 0.709. The van der Waals surface area contributed by atoms with Crippen LogP contribution in [0.15, 0.2) is 24.3 Å². The first-order valence-electron chi connectivity index (χ1n) is 3.87. The van der Waals surface area contributed by atoms with Crippen molar-refractivity contribution in [2.75, 3.05) is 0 Å². The van der Waals surface area contributed by atoms with Crippen molar-refractivity contribution in [1.29, 1.82) is 0 Å². The Balaban J connectivity index is 3.05. The van der Waals surface area contributed by atoms with Crippen molar-refractivity contribution < 1.29 is 9.72 Å². The molecule has 4 nitrogen and oxygen atoms in total. The average molecular weight is 258 g/mol. The van der Waals surface area contributed by atoms with Crippen LogP contribution in [0.5, 0.6) is 0 Å². The van der Waals surface area contributed by atoms with Crippen LogP contribution in [0, 0.1) is 10.1 Å². The molecule has 0 aliphatic carbocycles. The van der Waals surface area contributed by atoms with Gasteiger partial charge in [0.25, 0.3) is 5.69 Å². The van der Waals surface area contributed by atoms with E-state index in [1.165, 1.54) is 12.1 Å². The van der Waals surface area contributed by atoms with Crippen LogP contribution in [0.25, 0.3) is 0 Å². The summed E-state index contributed by atoms with van der Waals surface area (Å²) in [5.74, 6) is 0. The van der Waals surface area contributed by atoms with Crippen LogP contribution in [0.1, 0.15) is 12.5 Å². The Morgan fingerprint density at radius 2 is 1.93 bits per heavy atom. The SMILES string of the molecule is CC(Br)(C=O)c1ccc([N+](=O)[O-])cc1. The Labute approximate surface area is 89.2 Å². The molecule has 0 fully saturated rings. The van der Waals surface area contributed by atoms with Crippen LogP contribution < -0.4 is 0 Å². The summed E-state index contributed by atoms with van der Waals surface area (Å²) in [6.07, 6.45) is 0.744. The van der Waals surface area contributed by atoms with E-state index in [4.69, 9.17) is 0 Å². The maximum Gasteiger partial charge on any atom is 0.269 e. The number of halogens is 1. The average Bonchev–Trinajstić information content (AvgIpc) is 2.18. The second-order valence-corrected chi connectivity index (χ2v) is 4.64. The van der Waals surface area contributed by atoms with Crippen molar-refractivity contribution in [3.05, 3.63) is 39.9 Å². The molecule has 1 atom stereocenters. The minimum atomic E-state index is -0.776. The molecule has 5 heteroatoms. The summed E-state index contributed by atoms with van der Waals surface area (Å²) in [4.78, 5) is 20.5. The maximum atomic E-state index is 10.7.